The molecule has 0 aromatic carbocycles. The summed E-state index contributed by atoms with van der Waals surface area (Å²) in [7, 11) is 0. The van der Waals surface area contributed by atoms with Gasteiger partial charge in [0.2, 0.25) is 0 Å². The summed E-state index contributed by atoms with van der Waals surface area (Å²) in [5.41, 5.74) is 0. The number of nitrogens with zero attached hydrogens (tertiary/aromatic N) is 1. The zero-order valence-corrected chi connectivity index (χ0v) is 9.92. The predicted molar refractivity (Wildman–Crippen MR) is 59.3 cm³/mol. The summed E-state index contributed by atoms with van der Waals surface area (Å²) < 4.78 is 0. The minimum Gasteiger partial charge on any atom is -0.299 e. The Balaban J connectivity index is 2.47. The van der Waals surface area contributed by atoms with Gasteiger partial charge in [-0.25, -0.2) is 0 Å². The molecule has 0 saturated carbocycles. The molecule has 2 nitrogen and oxygen atoms in total. The summed E-state index contributed by atoms with van der Waals surface area (Å²) >= 11 is 0. The van der Waals surface area contributed by atoms with Crippen LogP contribution in [0.3, 0.4) is 0 Å². The third kappa shape index (κ3) is 2.81. The third-order valence-electron chi connectivity index (χ3n) is 3.17. The first-order valence-corrected chi connectivity index (χ1v) is 5.80. The fourth-order valence-corrected chi connectivity index (χ4v) is 2.22. The maximum Gasteiger partial charge on any atom is 0.136 e. The highest BCUT2D eigenvalue weighted by Gasteiger charge is 2.28. The van der Waals surface area contributed by atoms with Crippen molar-refractivity contribution < 1.29 is 4.79 Å². The second-order valence-electron chi connectivity index (χ2n) is 4.95. The number of carbonyl (C=O) groups excluding carboxylic acids is 1. The van der Waals surface area contributed by atoms with Crippen LogP contribution < -0.4 is 0 Å². The van der Waals surface area contributed by atoms with Gasteiger partial charge in [0, 0.05) is 24.4 Å². The van der Waals surface area contributed by atoms with Crippen molar-refractivity contribution in [2.75, 3.05) is 6.54 Å². The van der Waals surface area contributed by atoms with E-state index in [-0.39, 0.29) is 5.92 Å². The first kappa shape index (κ1) is 11.7. The van der Waals surface area contributed by atoms with Gasteiger partial charge >= 0.3 is 0 Å². The third-order valence-corrected chi connectivity index (χ3v) is 3.17. The Morgan fingerprint density at radius 2 is 2.00 bits per heavy atom. The van der Waals surface area contributed by atoms with Crippen LogP contribution in [0.15, 0.2) is 0 Å². The minimum absolute atomic E-state index is 0.199. The molecule has 1 aliphatic heterocycles. The molecule has 0 aliphatic carbocycles. The molecule has 0 radical (unpaired) electrons. The summed E-state index contributed by atoms with van der Waals surface area (Å²) in [5.74, 6) is 0.618. The first-order chi connectivity index (χ1) is 6.52. The van der Waals surface area contributed by atoms with Gasteiger partial charge in [0.05, 0.1) is 0 Å². The second-order valence-corrected chi connectivity index (χ2v) is 4.95. The molecule has 1 fully saturated rings. The number of likely N-dealkylation sites (tertiary alicyclic amines) is 1. The number of Topliss-reactive ketones (excluding diaryl/α,β-unsaturated/α-hetero) is 1. The van der Waals surface area contributed by atoms with Gasteiger partial charge in [-0.2, -0.15) is 0 Å². The van der Waals surface area contributed by atoms with E-state index in [1.165, 1.54) is 19.4 Å². The zero-order valence-electron chi connectivity index (χ0n) is 9.92. The summed E-state index contributed by atoms with van der Waals surface area (Å²) in [6, 6.07) is 1.10. The van der Waals surface area contributed by atoms with Gasteiger partial charge in [0.1, 0.15) is 5.78 Å². The molecular weight excluding hydrogens is 174 g/mol. The maximum atomic E-state index is 11.6. The molecular formula is C12H23NO. The van der Waals surface area contributed by atoms with Gasteiger partial charge in [-0.3, -0.25) is 9.69 Å². The lowest BCUT2D eigenvalue weighted by Crippen LogP contribution is -2.37. The summed E-state index contributed by atoms with van der Waals surface area (Å²) in [6.07, 6.45) is 3.22. The van der Waals surface area contributed by atoms with Crippen molar-refractivity contribution in [3.05, 3.63) is 0 Å². The summed E-state index contributed by atoms with van der Waals surface area (Å²) in [6.45, 7) is 9.61. The lowest BCUT2D eigenvalue weighted by atomic mass is 10.00. The molecule has 0 amide bonds. The fourth-order valence-electron chi connectivity index (χ4n) is 2.22. The molecule has 0 bridgehead atoms. The molecule has 2 heteroatoms. The van der Waals surface area contributed by atoms with Crippen LogP contribution in [0.25, 0.3) is 0 Å². The summed E-state index contributed by atoms with van der Waals surface area (Å²) in [5, 5.41) is 0. The minimum atomic E-state index is 0.199. The molecule has 0 spiro atoms. The number of ketones is 1. The highest BCUT2D eigenvalue weighted by Crippen LogP contribution is 2.23. The van der Waals surface area contributed by atoms with Gasteiger partial charge in [-0.15, -0.1) is 0 Å². The number of hydrogen-bond donors (Lipinski definition) is 0. The molecule has 0 N–H and O–H groups in total. The van der Waals surface area contributed by atoms with Crippen molar-refractivity contribution in [1.82, 2.24) is 4.90 Å². The van der Waals surface area contributed by atoms with E-state index in [0.717, 1.165) is 6.42 Å². The highest BCUT2D eigenvalue weighted by molar-refractivity contribution is 5.80. The maximum absolute atomic E-state index is 11.6. The van der Waals surface area contributed by atoms with Gasteiger partial charge < -0.3 is 0 Å². The quantitative estimate of drug-likeness (QED) is 0.690. The van der Waals surface area contributed by atoms with Crippen molar-refractivity contribution in [3.8, 4) is 0 Å². The Hall–Kier alpha value is -0.370. The van der Waals surface area contributed by atoms with Gasteiger partial charge in [0.25, 0.3) is 0 Å². The van der Waals surface area contributed by atoms with Crippen molar-refractivity contribution in [1.29, 1.82) is 0 Å². The van der Waals surface area contributed by atoms with Crippen LogP contribution in [0.1, 0.15) is 47.0 Å². The highest BCUT2D eigenvalue weighted by atomic mass is 16.1. The fraction of sp³-hybridized carbons (Fsp3) is 0.917. The van der Waals surface area contributed by atoms with E-state index in [0.29, 0.717) is 17.9 Å². The molecule has 1 atom stereocenters. The lowest BCUT2D eigenvalue weighted by Gasteiger charge is -2.28. The number of hydrogen-bond acceptors (Lipinski definition) is 2. The Labute approximate surface area is 87.7 Å². The van der Waals surface area contributed by atoms with E-state index >= 15 is 0 Å². The van der Waals surface area contributed by atoms with Gasteiger partial charge in [-0.05, 0) is 33.2 Å². The second kappa shape index (κ2) is 4.92. The van der Waals surface area contributed by atoms with Crippen molar-refractivity contribution >= 4 is 5.78 Å². The van der Waals surface area contributed by atoms with Crippen molar-refractivity contribution in [2.24, 2.45) is 5.92 Å². The molecule has 1 aliphatic rings. The molecule has 0 unspecified atom stereocenters. The molecule has 1 saturated heterocycles. The first-order valence-electron chi connectivity index (χ1n) is 5.80. The van der Waals surface area contributed by atoms with E-state index in [1.807, 2.05) is 13.8 Å². The topological polar surface area (TPSA) is 20.3 Å². The van der Waals surface area contributed by atoms with E-state index in [9.17, 15) is 4.79 Å². The van der Waals surface area contributed by atoms with Crippen LogP contribution in [0.5, 0.6) is 0 Å². The van der Waals surface area contributed by atoms with Crippen molar-refractivity contribution in [2.45, 2.75) is 59.0 Å². The normalized spacial score (nSPS) is 23.7. The van der Waals surface area contributed by atoms with Crippen LogP contribution >= 0.6 is 0 Å². The average molecular weight is 197 g/mol. The van der Waals surface area contributed by atoms with E-state index in [1.54, 1.807) is 0 Å². The number of carbonyl (C=O) groups is 1. The lowest BCUT2D eigenvalue weighted by molar-refractivity contribution is -0.123. The predicted octanol–water partition coefficient (Wildman–Crippen LogP) is 2.47. The van der Waals surface area contributed by atoms with E-state index < -0.39 is 0 Å². The van der Waals surface area contributed by atoms with E-state index in [2.05, 4.69) is 18.7 Å². The summed E-state index contributed by atoms with van der Waals surface area (Å²) in [4.78, 5) is 14.1. The standard InChI is InChI=1S/C12H23NO/c1-9(2)12(14)8-11-6-5-7-13(11)10(3)4/h9-11H,5-8H2,1-4H3/t11-/m0/s1. The molecule has 1 heterocycles. The molecule has 0 aromatic rings. The zero-order chi connectivity index (χ0) is 10.7. The molecule has 82 valence electrons. The Morgan fingerprint density at radius 3 is 2.50 bits per heavy atom. The van der Waals surface area contributed by atoms with Crippen LogP contribution in [-0.4, -0.2) is 29.3 Å². The molecule has 1 rings (SSSR count). The number of rotatable bonds is 4. The SMILES string of the molecule is CC(C)C(=O)C[C@@H]1CCCN1C(C)C. The molecule has 0 aromatic heterocycles. The Bertz CT molecular complexity index is 198. The van der Waals surface area contributed by atoms with Crippen LogP contribution in [-0.2, 0) is 4.79 Å². The van der Waals surface area contributed by atoms with Gasteiger partial charge in [-0.1, -0.05) is 13.8 Å². The van der Waals surface area contributed by atoms with Crippen LogP contribution in [0, 0.1) is 5.92 Å². The monoisotopic (exact) mass is 197 g/mol. The Morgan fingerprint density at radius 1 is 1.36 bits per heavy atom. The van der Waals surface area contributed by atoms with Gasteiger partial charge in [0.15, 0.2) is 0 Å². The van der Waals surface area contributed by atoms with Crippen LogP contribution in [0.4, 0.5) is 0 Å². The van der Waals surface area contributed by atoms with Crippen LogP contribution in [0.2, 0.25) is 0 Å². The molecule has 14 heavy (non-hydrogen) atoms. The Kier molecular flexibility index (Phi) is 4.11. The van der Waals surface area contributed by atoms with Crippen molar-refractivity contribution in [3.63, 3.8) is 0 Å². The average Bonchev–Trinajstić information content (AvgIpc) is 2.52. The smallest absolute Gasteiger partial charge is 0.136 e. The van der Waals surface area contributed by atoms with E-state index in [4.69, 9.17) is 0 Å². The largest absolute Gasteiger partial charge is 0.299 e.